The van der Waals surface area contributed by atoms with Crippen LogP contribution in [0.5, 0.6) is 0 Å². The van der Waals surface area contributed by atoms with Gasteiger partial charge in [0.05, 0.1) is 12.5 Å². The van der Waals surface area contributed by atoms with E-state index in [0.29, 0.717) is 0 Å². The maximum Gasteiger partial charge on any atom is 0.351 e. The summed E-state index contributed by atoms with van der Waals surface area (Å²) in [5.74, 6) is -1.55. The smallest absolute Gasteiger partial charge is 0.351 e. The van der Waals surface area contributed by atoms with Crippen molar-refractivity contribution in [2.24, 2.45) is 11.8 Å². The van der Waals surface area contributed by atoms with E-state index in [1.807, 2.05) is 0 Å². The van der Waals surface area contributed by atoms with Crippen LogP contribution in [0.1, 0.15) is 33.9 Å². The molecular formula is C17H23Cl2N3O6. The molecule has 1 fully saturated rings. The van der Waals surface area contributed by atoms with Crippen molar-refractivity contribution in [2.75, 3.05) is 11.9 Å². The topological polar surface area (TPSA) is 120 Å². The maximum atomic E-state index is 12.4. The Morgan fingerprint density at radius 2 is 2.00 bits per heavy atom. The fraction of sp³-hybridized carbons (Fsp3) is 0.647. The molecule has 2 N–H and O–H groups in total. The lowest BCUT2D eigenvalue weighted by atomic mass is 10.1. The van der Waals surface area contributed by atoms with Crippen LogP contribution in [0, 0.1) is 11.8 Å². The van der Waals surface area contributed by atoms with Gasteiger partial charge >= 0.3 is 11.7 Å². The van der Waals surface area contributed by atoms with E-state index < -0.39 is 47.0 Å². The van der Waals surface area contributed by atoms with Crippen molar-refractivity contribution >= 4 is 40.9 Å². The monoisotopic (exact) mass is 435 g/mol. The van der Waals surface area contributed by atoms with E-state index in [1.165, 1.54) is 12.3 Å². The molecule has 0 radical (unpaired) electrons. The minimum Gasteiger partial charge on any atom is -0.456 e. The molecule has 28 heavy (non-hydrogen) atoms. The number of aromatic nitrogens is 2. The Kier molecular flexibility index (Phi) is 7.08. The van der Waals surface area contributed by atoms with Gasteiger partial charge in [-0.1, -0.05) is 50.9 Å². The number of hydrogen-bond acceptors (Lipinski definition) is 7. The second-order valence-corrected chi connectivity index (χ2v) is 8.49. The number of aliphatic hydroxyl groups excluding tert-OH is 1. The van der Waals surface area contributed by atoms with Crippen molar-refractivity contribution in [3.63, 3.8) is 0 Å². The van der Waals surface area contributed by atoms with E-state index in [4.69, 9.17) is 32.7 Å². The van der Waals surface area contributed by atoms with E-state index in [0.717, 1.165) is 4.57 Å². The van der Waals surface area contributed by atoms with Crippen LogP contribution in [0.25, 0.3) is 0 Å². The van der Waals surface area contributed by atoms with Crippen LogP contribution in [0.15, 0.2) is 17.1 Å². The number of aliphatic hydroxyl groups is 1. The SMILES string of the molecule is CC(C)C(=O)Nc1ccn([C@@H]2O[C@H](CO)[C@@H](OC(=O)C(C)C)C2(Cl)Cl)c(=O)n1. The Bertz CT molecular complexity index is 795. The Balaban J connectivity index is 2.30. The third-order valence-corrected chi connectivity index (χ3v) is 4.91. The molecular weight excluding hydrogens is 413 g/mol. The number of halogens is 2. The van der Waals surface area contributed by atoms with E-state index in [2.05, 4.69) is 10.3 Å². The molecule has 1 aromatic rings. The molecule has 0 unspecified atom stereocenters. The molecule has 2 heterocycles. The van der Waals surface area contributed by atoms with Gasteiger partial charge in [0, 0.05) is 12.1 Å². The second kappa shape index (κ2) is 8.77. The lowest BCUT2D eigenvalue weighted by Gasteiger charge is -2.27. The zero-order chi connectivity index (χ0) is 21.2. The van der Waals surface area contributed by atoms with Crippen LogP contribution in [-0.4, -0.2) is 49.7 Å². The number of esters is 1. The lowest BCUT2D eigenvalue weighted by molar-refractivity contribution is -0.157. The molecule has 1 amide bonds. The highest BCUT2D eigenvalue weighted by Crippen LogP contribution is 2.47. The second-order valence-electron chi connectivity index (χ2n) is 7.04. The summed E-state index contributed by atoms with van der Waals surface area (Å²) in [5.41, 5.74) is -0.787. The average Bonchev–Trinajstić information content (AvgIpc) is 2.85. The van der Waals surface area contributed by atoms with Gasteiger partial charge in [-0.15, -0.1) is 0 Å². The predicted octanol–water partition coefficient (Wildman–Crippen LogP) is 1.47. The van der Waals surface area contributed by atoms with E-state index in [-0.39, 0.29) is 17.6 Å². The van der Waals surface area contributed by atoms with Gasteiger partial charge in [-0.25, -0.2) is 4.79 Å². The van der Waals surface area contributed by atoms with Crippen LogP contribution in [0.4, 0.5) is 5.82 Å². The highest BCUT2D eigenvalue weighted by Gasteiger charge is 2.58. The Hall–Kier alpha value is -1.68. The quantitative estimate of drug-likeness (QED) is 0.512. The molecule has 0 bridgehead atoms. The number of nitrogens with zero attached hydrogens (tertiary/aromatic N) is 2. The number of carbonyl (C=O) groups excluding carboxylic acids is 2. The fourth-order valence-electron chi connectivity index (χ4n) is 2.45. The first-order valence-corrected chi connectivity index (χ1v) is 9.49. The van der Waals surface area contributed by atoms with Gasteiger partial charge in [0.25, 0.3) is 0 Å². The number of ether oxygens (including phenoxy) is 2. The highest BCUT2D eigenvalue weighted by atomic mass is 35.5. The Morgan fingerprint density at radius 3 is 2.50 bits per heavy atom. The summed E-state index contributed by atoms with van der Waals surface area (Å²) in [4.78, 5) is 39.9. The summed E-state index contributed by atoms with van der Waals surface area (Å²) >= 11 is 12.8. The first kappa shape index (κ1) is 22.6. The molecule has 0 aliphatic carbocycles. The minimum absolute atomic E-state index is 0.0641. The zero-order valence-corrected chi connectivity index (χ0v) is 17.4. The van der Waals surface area contributed by atoms with Crippen LogP contribution in [0.2, 0.25) is 0 Å². The molecule has 0 saturated carbocycles. The Morgan fingerprint density at radius 1 is 1.36 bits per heavy atom. The predicted molar refractivity (Wildman–Crippen MR) is 102 cm³/mol. The van der Waals surface area contributed by atoms with Gasteiger partial charge in [-0.2, -0.15) is 4.98 Å². The molecule has 1 aliphatic rings. The van der Waals surface area contributed by atoms with Crippen molar-refractivity contribution in [3.8, 4) is 0 Å². The summed E-state index contributed by atoms with van der Waals surface area (Å²) in [6.45, 7) is 6.13. The summed E-state index contributed by atoms with van der Waals surface area (Å²) in [7, 11) is 0. The first-order chi connectivity index (χ1) is 13.0. The molecule has 9 nitrogen and oxygen atoms in total. The third-order valence-electron chi connectivity index (χ3n) is 4.10. The van der Waals surface area contributed by atoms with Gasteiger partial charge < -0.3 is 19.9 Å². The lowest BCUT2D eigenvalue weighted by Crippen LogP contribution is -2.43. The number of nitrogens with one attached hydrogen (secondary N) is 1. The number of alkyl halides is 2. The van der Waals surface area contributed by atoms with Crippen LogP contribution < -0.4 is 11.0 Å². The average molecular weight is 436 g/mol. The van der Waals surface area contributed by atoms with Crippen molar-refractivity contribution in [1.29, 1.82) is 0 Å². The van der Waals surface area contributed by atoms with Gasteiger partial charge in [0.2, 0.25) is 10.2 Å². The normalized spacial score (nSPS) is 23.8. The number of amides is 1. The van der Waals surface area contributed by atoms with Crippen LogP contribution in [-0.2, 0) is 19.1 Å². The molecule has 1 aromatic heterocycles. The van der Waals surface area contributed by atoms with Crippen molar-refractivity contribution in [3.05, 3.63) is 22.7 Å². The molecule has 3 atom stereocenters. The fourth-order valence-corrected chi connectivity index (χ4v) is 3.14. The molecule has 0 spiro atoms. The number of rotatable bonds is 6. The van der Waals surface area contributed by atoms with Gasteiger partial charge in [0.15, 0.2) is 12.3 Å². The summed E-state index contributed by atoms with van der Waals surface area (Å²) in [5, 5.41) is 12.1. The summed E-state index contributed by atoms with van der Waals surface area (Å²) < 4.78 is 10.1. The number of anilines is 1. The standard InChI is InChI=1S/C17H23Cl2N3O6/c1-8(2)13(24)20-11-5-6-22(16(26)21-11)15-17(18,19)12(10(7-23)27-15)28-14(25)9(3)4/h5-6,8-10,12,15,23H,7H2,1-4H3,(H,20,21,24,26)/t10-,12-,15-/m1/s1. The van der Waals surface area contributed by atoms with Gasteiger partial charge in [0.1, 0.15) is 11.9 Å². The molecule has 1 saturated heterocycles. The van der Waals surface area contributed by atoms with E-state index in [9.17, 15) is 19.5 Å². The van der Waals surface area contributed by atoms with Gasteiger partial charge in [-0.3, -0.25) is 14.2 Å². The first-order valence-electron chi connectivity index (χ1n) is 8.73. The number of carbonyl (C=O) groups is 2. The van der Waals surface area contributed by atoms with Crippen molar-refractivity contribution in [2.45, 2.75) is 50.5 Å². The van der Waals surface area contributed by atoms with Crippen molar-refractivity contribution in [1.82, 2.24) is 9.55 Å². The largest absolute Gasteiger partial charge is 0.456 e. The van der Waals surface area contributed by atoms with E-state index in [1.54, 1.807) is 27.7 Å². The maximum absolute atomic E-state index is 12.4. The van der Waals surface area contributed by atoms with E-state index >= 15 is 0 Å². The molecule has 2 rings (SSSR count). The Labute approximate surface area is 171 Å². The summed E-state index contributed by atoms with van der Waals surface area (Å²) in [6.07, 6.45) is -2.20. The highest BCUT2D eigenvalue weighted by molar-refractivity contribution is 6.49. The zero-order valence-electron chi connectivity index (χ0n) is 15.9. The van der Waals surface area contributed by atoms with Gasteiger partial charge in [-0.05, 0) is 6.07 Å². The molecule has 11 heteroatoms. The molecule has 1 aliphatic heterocycles. The van der Waals surface area contributed by atoms with Crippen LogP contribution in [0.3, 0.4) is 0 Å². The molecule has 156 valence electrons. The molecule has 0 aromatic carbocycles. The minimum atomic E-state index is -1.86. The summed E-state index contributed by atoms with van der Waals surface area (Å²) in [6, 6.07) is 1.39. The third kappa shape index (κ3) is 4.65. The van der Waals surface area contributed by atoms with Crippen LogP contribution >= 0.6 is 23.2 Å². The van der Waals surface area contributed by atoms with Crippen molar-refractivity contribution < 1.29 is 24.2 Å². The number of hydrogen-bond donors (Lipinski definition) is 2.